The number of esters is 1. The molecular formula is C8H12O5. The number of hydrogen-bond acceptors (Lipinski definition) is 4. The largest absolute Gasteiger partial charge is 0.478 e. The molecule has 0 aromatic heterocycles. The zero-order valence-electron chi connectivity index (χ0n) is 7.36. The lowest BCUT2D eigenvalue weighted by Gasteiger charge is -1.95. The van der Waals surface area contributed by atoms with E-state index >= 15 is 0 Å². The normalized spacial score (nSPS) is 7.46. The molecule has 74 valence electrons. The first-order valence-electron chi connectivity index (χ1n) is 3.22. The highest BCUT2D eigenvalue weighted by Gasteiger charge is 1.89. The molecule has 0 aromatic rings. The van der Waals surface area contributed by atoms with Crippen LogP contribution in [-0.4, -0.2) is 30.9 Å². The van der Waals surface area contributed by atoms with Crippen LogP contribution in [0, 0.1) is 0 Å². The molecule has 0 saturated heterocycles. The van der Waals surface area contributed by atoms with Crippen molar-refractivity contribution in [3.8, 4) is 0 Å². The van der Waals surface area contributed by atoms with Gasteiger partial charge in [0.2, 0.25) is 0 Å². The Balaban J connectivity index is 0. The third kappa shape index (κ3) is 17.9. The maximum absolute atomic E-state index is 10.2. The van der Waals surface area contributed by atoms with Crippen LogP contribution in [0.2, 0.25) is 0 Å². The molecule has 0 aliphatic rings. The van der Waals surface area contributed by atoms with E-state index in [4.69, 9.17) is 5.11 Å². The van der Waals surface area contributed by atoms with Gasteiger partial charge in [-0.05, 0) is 0 Å². The van der Waals surface area contributed by atoms with Gasteiger partial charge in [0.25, 0.3) is 0 Å². The Kier molecular flexibility index (Phi) is 11.1. The van der Waals surface area contributed by atoms with E-state index in [2.05, 4.69) is 22.6 Å². The Hall–Kier alpha value is -1.62. The molecule has 0 rings (SSSR count). The molecule has 0 heterocycles. The zero-order chi connectivity index (χ0) is 10.7. The van der Waals surface area contributed by atoms with Gasteiger partial charge in [0.05, 0.1) is 0 Å². The molecule has 0 aromatic carbocycles. The molecule has 0 aliphatic heterocycles. The van der Waals surface area contributed by atoms with Crippen LogP contribution < -0.4 is 0 Å². The number of rotatable bonds is 4. The SMILES string of the molecule is C=CC(=O)O.C=CC(=O)OCOC. The molecule has 5 nitrogen and oxygen atoms in total. The summed E-state index contributed by atoms with van der Waals surface area (Å²) < 4.78 is 8.78. The Labute approximate surface area is 76.3 Å². The van der Waals surface area contributed by atoms with Crippen molar-refractivity contribution in [3.63, 3.8) is 0 Å². The number of carbonyl (C=O) groups is 2. The van der Waals surface area contributed by atoms with Crippen LogP contribution in [0.5, 0.6) is 0 Å². The second-order valence-electron chi connectivity index (χ2n) is 1.62. The van der Waals surface area contributed by atoms with E-state index in [9.17, 15) is 9.59 Å². The summed E-state index contributed by atoms with van der Waals surface area (Å²) in [6.45, 7) is 6.13. The third-order valence-corrected chi connectivity index (χ3v) is 0.660. The van der Waals surface area contributed by atoms with E-state index in [1.807, 2.05) is 0 Å². The summed E-state index contributed by atoms with van der Waals surface area (Å²) in [5, 5.41) is 7.60. The minimum atomic E-state index is -0.981. The number of ether oxygens (including phenoxy) is 2. The van der Waals surface area contributed by atoms with Gasteiger partial charge in [-0.25, -0.2) is 9.59 Å². The van der Waals surface area contributed by atoms with Crippen molar-refractivity contribution in [1.82, 2.24) is 0 Å². The van der Waals surface area contributed by atoms with Gasteiger partial charge < -0.3 is 14.6 Å². The van der Waals surface area contributed by atoms with Gasteiger partial charge in [-0.2, -0.15) is 0 Å². The number of carboxylic acid groups (broad SMARTS) is 1. The van der Waals surface area contributed by atoms with Gasteiger partial charge in [-0.1, -0.05) is 13.2 Å². The van der Waals surface area contributed by atoms with Crippen molar-refractivity contribution >= 4 is 11.9 Å². The Morgan fingerprint density at radius 1 is 1.38 bits per heavy atom. The number of methoxy groups -OCH3 is 1. The first-order valence-corrected chi connectivity index (χ1v) is 3.22. The van der Waals surface area contributed by atoms with Gasteiger partial charge in [-0.3, -0.25) is 0 Å². The summed E-state index contributed by atoms with van der Waals surface area (Å²) in [6.07, 6.45) is 1.92. The summed E-state index contributed by atoms with van der Waals surface area (Å²) in [7, 11) is 1.44. The molecule has 0 saturated carbocycles. The number of hydrogen-bond donors (Lipinski definition) is 1. The Morgan fingerprint density at radius 2 is 1.85 bits per heavy atom. The van der Waals surface area contributed by atoms with Crippen LogP contribution in [0.4, 0.5) is 0 Å². The Bertz CT molecular complexity index is 185. The van der Waals surface area contributed by atoms with Crippen LogP contribution in [-0.2, 0) is 19.1 Å². The molecule has 0 atom stereocenters. The summed E-state index contributed by atoms with van der Waals surface area (Å²) in [4.78, 5) is 19.4. The van der Waals surface area contributed by atoms with E-state index in [-0.39, 0.29) is 6.79 Å². The molecule has 0 fully saturated rings. The van der Waals surface area contributed by atoms with Crippen molar-refractivity contribution in [3.05, 3.63) is 25.3 Å². The highest BCUT2D eigenvalue weighted by Crippen LogP contribution is 1.76. The summed E-state index contributed by atoms with van der Waals surface area (Å²) >= 11 is 0. The first kappa shape index (κ1) is 13.9. The molecule has 0 unspecified atom stereocenters. The summed E-state index contributed by atoms with van der Waals surface area (Å²) in [6, 6.07) is 0. The third-order valence-electron chi connectivity index (χ3n) is 0.660. The van der Waals surface area contributed by atoms with Gasteiger partial charge in [-0.15, -0.1) is 0 Å². The van der Waals surface area contributed by atoms with E-state index in [1.54, 1.807) is 0 Å². The smallest absolute Gasteiger partial charge is 0.332 e. The molecule has 0 bridgehead atoms. The van der Waals surface area contributed by atoms with Gasteiger partial charge in [0.1, 0.15) is 0 Å². The van der Waals surface area contributed by atoms with Gasteiger partial charge in [0.15, 0.2) is 6.79 Å². The molecule has 0 spiro atoms. The summed E-state index contributed by atoms with van der Waals surface area (Å²) in [5.74, 6) is -1.45. The number of carbonyl (C=O) groups excluding carboxylic acids is 1. The predicted molar refractivity (Wildman–Crippen MR) is 46.0 cm³/mol. The van der Waals surface area contributed by atoms with E-state index in [0.29, 0.717) is 0 Å². The maximum atomic E-state index is 10.2. The topological polar surface area (TPSA) is 72.8 Å². The van der Waals surface area contributed by atoms with Crippen molar-refractivity contribution in [2.75, 3.05) is 13.9 Å². The zero-order valence-corrected chi connectivity index (χ0v) is 7.36. The molecule has 0 aliphatic carbocycles. The monoisotopic (exact) mass is 188 g/mol. The lowest BCUT2D eigenvalue weighted by Crippen LogP contribution is -2.02. The van der Waals surface area contributed by atoms with Crippen molar-refractivity contribution in [2.45, 2.75) is 0 Å². The highest BCUT2D eigenvalue weighted by atomic mass is 16.7. The van der Waals surface area contributed by atoms with E-state index in [1.165, 1.54) is 7.11 Å². The fourth-order valence-electron chi connectivity index (χ4n) is 0.176. The van der Waals surface area contributed by atoms with Crippen LogP contribution >= 0.6 is 0 Å². The molecule has 0 radical (unpaired) electrons. The van der Waals surface area contributed by atoms with E-state index < -0.39 is 11.9 Å². The second kappa shape index (κ2) is 10.4. The fraction of sp³-hybridized carbons (Fsp3) is 0.250. The van der Waals surface area contributed by atoms with E-state index in [0.717, 1.165) is 12.2 Å². The number of carboxylic acids is 1. The van der Waals surface area contributed by atoms with Crippen LogP contribution in [0.1, 0.15) is 0 Å². The minimum absolute atomic E-state index is 0.00907. The lowest BCUT2D eigenvalue weighted by atomic mass is 10.7. The lowest BCUT2D eigenvalue weighted by molar-refractivity contribution is -0.147. The molecule has 1 N–H and O–H groups in total. The molecule has 13 heavy (non-hydrogen) atoms. The average Bonchev–Trinajstić information content (AvgIpc) is 2.15. The standard InChI is InChI=1S/C5H8O3.C3H4O2/c1-3-5(6)8-4-7-2;1-2-3(4)5/h3H,1,4H2,2H3;2H,1H2,(H,4,5). The Morgan fingerprint density at radius 3 is 2.08 bits per heavy atom. The predicted octanol–water partition coefficient (Wildman–Crippen LogP) is 0.577. The fourth-order valence-corrected chi connectivity index (χ4v) is 0.176. The van der Waals surface area contributed by atoms with Gasteiger partial charge >= 0.3 is 11.9 Å². The van der Waals surface area contributed by atoms with Crippen molar-refractivity contribution < 1.29 is 24.2 Å². The quantitative estimate of drug-likeness (QED) is 0.397. The van der Waals surface area contributed by atoms with Crippen molar-refractivity contribution in [2.24, 2.45) is 0 Å². The van der Waals surface area contributed by atoms with Crippen LogP contribution in [0.3, 0.4) is 0 Å². The molecule has 5 heteroatoms. The van der Waals surface area contributed by atoms with Gasteiger partial charge in [0, 0.05) is 19.3 Å². The van der Waals surface area contributed by atoms with Crippen LogP contribution in [0.15, 0.2) is 25.3 Å². The maximum Gasteiger partial charge on any atom is 0.332 e. The number of aliphatic carboxylic acids is 1. The highest BCUT2D eigenvalue weighted by molar-refractivity contribution is 5.81. The van der Waals surface area contributed by atoms with Crippen LogP contribution in [0.25, 0.3) is 0 Å². The first-order chi connectivity index (χ1) is 6.08. The second-order valence-corrected chi connectivity index (χ2v) is 1.62. The molecule has 0 amide bonds. The summed E-state index contributed by atoms with van der Waals surface area (Å²) in [5.41, 5.74) is 0. The molecular weight excluding hydrogens is 176 g/mol. The average molecular weight is 188 g/mol. The minimum Gasteiger partial charge on any atom is -0.478 e. The van der Waals surface area contributed by atoms with Crippen molar-refractivity contribution in [1.29, 1.82) is 0 Å².